The number of ketones is 1. The molecule has 5 atom stereocenters. The lowest BCUT2D eigenvalue weighted by Gasteiger charge is -2.42. The lowest BCUT2D eigenvalue weighted by molar-refractivity contribution is -0.272. The van der Waals surface area contributed by atoms with Crippen LogP contribution in [0, 0.1) is 0 Å². The Hall–Kier alpha value is -2.45. The van der Waals surface area contributed by atoms with Gasteiger partial charge in [-0.25, -0.2) is 0 Å². The van der Waals surface area contributed by atoms with Crippen LogP contribution in [-0.2, 0) is 44.7 Å². The molecular formula is C26H39NO11. The molecule has 1 heterocycles. The summed E-state index contributed by atoms with van der Waals surface area (Å²) in [5.74, 6) is -0.773. The van der Waals surface area contributed by atoms with E-state index in [0.717, 1.165) is 5.56 Å². The van der Waals surface area contributed by atoms with E-state index in [1.165, 1.54) is 6.92 Å². The minimum Gasteiger partial charge on any atom is -0.461 e. The molecule has 1 amide bonds. The second-order valence-corrected chi connectivity index (χ2v) is 8.82. The Morgan fingerprint density at radius 1 is 0.921 bits per heavy atom. The first-order valence-corrected chi connectivity index (χ1v) is 12.7. The third kappa shape index (κ3) is 11.9. The van der Waals surface area contributed by atoms with Crippen LogP contribution < -0.4 is 5.32 Å². The van der Waals surface area contributed by atoms with E-state index in [2.05, 4.69) is 5.32 Å². The van der Waals surface area contributed by atoms with Crippen molar-refractivity contribution in [1.29, 1.82) is 0 Å². The molecule has 0 radical (unpaired) electrons. The zero-order valence-corrected chi connectivity index (χ0v) is 21.7. The van der Waals surface area contributed by atoms with E-state index < -0.39 is 43.2 Å². The summed E-state index contributed by atoms with van der Waals surface area (Å²) >= 11 is 0. The van der Waals surface area contributed by atoms with Crippen molar-refractivity contribution in [3.8, 4) is 0 Å². The van der Waals surface area contributed by atoms with Crippen molar-refractivity contribution in [2.75, 3.05) is 39.6 Å². The lowest BCUT2D eigenvalue weighted by Crippen LogP contribution is -2.64. The fourth-order valence-electron chi connectivity index (χ4n) is 3.69. The van der Waals surface area contributed by atoms with Gasteiger partial charge in [-0.2, -0.15) is 0 Å². The first-order valence-electron chi connectivity index (χ1n) is 12.7. The molecule has 1 aliphatic heterocycles. The van der Waals surface area contributed by atoms with Crippen LogP contribution in [-0.4, -0.2) is 103 Å². The minimum absolute atomic E-state index is 0.0212. The van der Waals surface area contributed by atoms with E-state index in [1.54, 1.807) is 0 Å². The van der Waals surface area contributed by atoms with Crippen molar-refractivity contribution < 1.29 is 53.4 Å². The van der Waals surface area contributed by atoms with Crippen molar-refractivity contribution in [3.63, 3.8) is 0 Å². The van der Waals surface area contributed by atoms with Gasteiger partial charge in [0.1, 0.15) is 36.7 Å². The summed E-state index contributed by atoms with van der Waals surface area (Å²) < 4.78 is 27.0. The number of aliphatic hydroxyl groups is 3. The second kappa shape index (κ2) is 17.9. The highest BCUT2D eigenvalue weighted by atomic mass is 16.7. The van der Waals surface area contributed by atoms with Gasteiger partial charge in [0, 0.05) is 26.4 Å². The number of esters is 1. The molecule has 0 saturated carbocycles. The quantitative estimate of drug-likeness (QED) is 0.144. The molecule has 4 N–H and O–H groups in total. The number of hydrogen-bond acceptors (Lipinski definition) is 11. The smallest absolute Gasteiger partial charge is 0.308 e. The Morgan fingerprint density at radius 3 is 2.34 bits per heavy atom. The fraction of sp³-hybridized carbons (Fsp3) is 0.654. The van der Waals surface area contributed by atoms with Crippen LogP contribution in [0.4, 0.5) is 0 Å². The molecule has 1 saturated heterocycles. The van der Waals surface area contributed by atoms with E-state index in [1.807, 2.05) is 30.3 Å². The average Bonchev–Trinajstić information content (AvgIpc) is 2.90. The largest absolute Gasteiger partial charge is 0.461 e. The van der Waals surface area contributed by atoms with Crippen molar-refractivity contribution in [3.05, 3.63) is 35.9 Å². The molecule has 0 spiro atoms. The van der Waals surface area contributed by atoms with Crippen molar-refractivity contribution in [1.82, 2.24) is 5.32 Å². The Balaban J connectivity index is 1.48. The molecule has 2 rings (SSSR count). The standard InChI is InChI=1S/C26H39NO11/c1-18(29)27-23-25(33)24(32)21(16-28)38-26(23)36-15-14-34-11-5-8-20(30)9-12-35-13-10-22(31)37-17-19-6-3-2-4-7-19/h2-4,6-7,21,23-26,28,32-33H,5,8-17H2,1H3,(H,27,29). The van der Waals surface area contributed by atoms with Gasteiger partial charge in [-0.3, -0.25) is 14.4 Å². The van der Waals surface area contributed by atoms with Gasteiger partial charge in [-0.05, 0) is 12.0 Å². The predicted molar refractivity (Wildman–Crippen MR) is 133 cm³/mol. The van der Waals surface area contributed by atoms with Gasteiger partial charge in [0.05, 0.1) is 39.5 Å². The number of carbonyl (C=O) groups excluding carboxylic acids is 3. The topological polar surface area (TPSA) is 170 Å². The maximum Gasteiger partial charge on any atom is 0.308 e. The Labute approximate surface area is 222 Å². The van der Waals surface area contributed by atoms with E-state index in [4.69, 9.17) is 23.7 Å². The number of amides is 1. The van der Waals surface area contributed by atoms with E-state index in [-0.39, 0.29) is 57.6 Å². The number of Topliss-reactive ketones (excluding diaryl/α,β-unsaturated/α-hetero) is 1. The van der Waals surface area contributed by atoms with Crippen LogP contribution in [0.2, 0.25) is 0 Å². The third-order valence-corrected chi connectivity index (χ3v) is 5.72. The highest BCUT2D eigenvalue weighted by Crippen LogP contribution is 2.22. The number of nitrogens with one attached hydrogen (secondary N) is 1. The number of ether oxygens (including phenoxy) is 5. The average molecular weight is 542 g/mol. The van der Waals surface area contributed by atoms with Crippen molar-refractivity contribution in [2.45, 2.75) is 69.9 Å². The number of carbonyl (C=O) groups is 3. The highest BCUT2D eigenvalue weighted by Gasteiger charge is 2.45. The first kappa shape index (κ1) is 31.8. The van der Waals surface area contributed by atoms with Gasteiger partial charge < -0.3 is 44.3 Å². The van der Waals surface area contributed by atoms with E-state index in [9.17, 15) is 29.7 Å². The van der Waals surface area contributed by atoms with Gasteiger partial charge in [0.2, 0.25) is 5.91 Å². The second-order valence-electron chi connectivity index (χ2n) is 8.82. The molecule has 1 fully saturated rings. The van der Waals surface area contributed by atoms with Crippen LogP contribution in [0.3, 0.4) is 0 Å². The zero-order chi connectivity index (χ0) is 27.8. The predicted octanol–water partition coefficient (Wildman–Crippen LogP) is -0.147. The molecule has 0 aliphatic carbocycles. The Morgan fingerprint density at radius 2 is 1.63 bits per heavy atom. The summed E-state index contributed by atoms with van der Waals surface area (Å²) in [6, 6.07) is 8.37. The molecule has 5 unspecified atom stereocenters. The van der Waals surface area contributed by atoms with Crippen LogP contribution in [0.15, 0.2) is 30.3 Å². The van der Waals surface area contributed by atoms with Crippen LogP contribution in [0.25, 0.3) is 0 Å². The van der Waals surface area contributed by atoms with Gasteiger partial charge in [-0.15, -0.1) is 0 Å². The first-order chi connectivity index (χ1) is 18.3. The Kier molecular flexibility index (Phi) is 15.0. The fourth-order valence-corrected chi connectivity index (χ4v) is 3.69. The highest BCUT2D eigenvalue weighted by molar-refractivity contribution is 5.78. The lowest BCUT2D eigenvalue weighted by atomic mass is 9.97. The third-order valence-electron chi connectivity index (χ3n) is 5.72. The molecule has 38 heavy (non-hydrogen) atoms. The number of rotatable bonds is 18. The summed E-state index contributed by atoms with van der Waals surface area (Å²) in [5, 5.41) is 32.0. The van der Waals surface area contributed by atoms with Crippen molar-refractivity contribution in [2.24, 2.45) is 0 Å². The van der Waals surface area contributed by atoms with Gasteiger partial charge >= 0.3 is 5.97 Å². The van der Waals surface area contributed by atoms with Crippen molar-refractivity contribution >= 4 is 17.7 Å². The monoisotopic (exact) mass is 541 g/mol. The number of benzene rings is 1. The minimum atomic E-state index is -1.38. The van der Waals surface area contributed by atoms with Crippen LogP contribution in [0.5, 0.6) is 0 Å². The molecule has 1 aromatic rings. The normalized spacial score (nSPS) is 23.1. The maximum atomic E-state index is 12.0. The SMILES string of the molecule is CC(=O)NC1C(OCCOCCCC(=O)CCOCCC(=O)OCc2ccccc2)OC(CO)C(O)C1O. The van der Waals surface area contributed by atoms with Crippen LogP contribution >= 0.6 is 0 Å². The van der Waals surface area contributed by atoms with Gasteiger partial charge in [-0.1, -0.05) is 30.3 Å². The molecular weight excluding hydrogens is 502 g/mol. The van der Waals surface area contributed by atoms with Gasteiger partial charge in [0.25, 0.3) is 0 Å². The summed E-state index contributed by atoms with van der Waals surface area (Å²) in [4.78, 5) is 35.1. The van der Waals surface area contributed by atoms with E-state index in [0.29, 0.717) is 19.4 Å². The Bertz CT molecular complexity index is 838. The van der Waals surface area contributed by atoms with E-state index >= 15 is 0 Å². The summed E-state index contributed by atoms with van der Waals surface area (Å²) in [7, 11) is 0. The molecule has 1 aliphatic rings. The maximum absolute atomic E-state index is 12.0. The molecule has 12 heteroatoms. The summed E-state index contributed by atoms with van der Waals surface area (Å²) in [5.41, 5.74) is 0.912. The van der Waals surface area contributed by atoms with Gasteiger partial charge in [0.15, 0.2) is 6.29 Å². The van der Waals surface area contributed by atoms with Crippen LogP contribution in [0.1, 0.15) is 38.2 Å². The molecule has 1 aromatic carbocycles. The molecule has 12 nitrogen and oxygen atoms in total. The zero-order valence-electron chi connectivity index (χ0n) is 21.7. The number of aliphatic hydroxyl groups excluding tert-OH is 3. The molecule has 0 bridgehead atoms. The summed E-state index contributed by atoms with van der Waals surface area (Å²) in [6.45, 7) is 1.93. The number of hydrogen-bond donors (Lipinski definition) is 4. The molecule has 0 aromatic heterocycles. The molecule has 214 valence electrons. The summed E-state index contributed by atoms with van der Waals surface area (Å²) in [6.07, 6.45) is -3.69.